The van der Waals surface area contributed by atoms with Crippen LogP contribution in [0.25, 0.3) is 0 Å². The van der Waals surface area contributed by atoms with Crippen LogP contribution in [0.5, 0.6) is 0 Å². The van der Waals surface area contributed by atoms with Gasteiger partial charge in [0.15, 0.2) is 6.10 Å². The van der Waals surface area contributed by atoms with E-state index in [2.05, 4.69) is 13.8 Å². The van der Waals surface area contributed by atoms with Crippen molar-refractivity contribution in [2.45, 2.75) is 236 Å². The van der Waals surface area contributed by atoms with Crippen molar-refractivity contribution in [3.63, 3.8) is 0 Å². The Morgan fingerprint density at radius 1 is 0.518 bits per heavy atom. The molecule has 1 saturated carbocycles. The number of carbonyl (C=O) groups excluding carboxylic acids is 2. The third kappa shape index (κ3) is 27.6. The number of ether oxygens (including phenoxy) is 2. The van der Waals surface area contributed by atoms with Gasteiger partial charge in [-0.05, 0) is 12.8 Å². The summed E-state index contributed by atoms with van der Waals surface area (Å²) < 4.78 is 33.1. The maximum atomic E-state index is 12.7. The number of phosphoric ester groups is 1. The van der Waals surface area contributed by atoms with Crippen molar-refractivity contribution >= 4 is 19.8 Å². The molecule has 0 spiro atoms. The fraction of sp³-hybridized carbons (Fsp3) is 0.951. The number of esters is 2. The minimum absolute atomic E-state index is 0. The summed E-state index contributed by atoms with van der Waals surface area (Å²) in [7, 11) is -5.35. The zero-order chi connectivity index (χ0) is 40.7. The quantitative estimate of drug-likeness (QED) is 0.0261. The van der Waals surface area contributed by atoms with Crippen LogP contribution in [-0.4, -0.2) is 93.4 Å². The second-order valence-electron chi connectivity index (χ2n) is 15.5. The molecule has 1 rings (SSSR count). The van der Waals surface area contributed by atoms with E-state index in [0.29, 0.717) is 12.8 Å². The second kappa shape index (κ2) is 35.6. The molecule has 0 heterocycles. The van der Waals surface area contributed by atoms with Crippen LogP contribution in [-0.2, 0) is 32.7 Å². The number of hydrogen-bond donors (Lipinski definition) is 5. The van der Waals surface area contributed by atoms with Gasteiger partial charge in [-0.15, -0.1) is 0 Å². The number of aliphatic hydroxyl groups excluding tert-OH is 5. The summed E-state index contributed by atoms with van der Waals surface area (Å²) in [6.07, 6.45) is 16.9. The van der Waals surface area contributed by atoms with Gasteiger partial charge < -0.3 is 48.9 Å². The van der Waals surface area contributed by atoms with Gasteiger partial charge in [0.05, 0.1) is 6.61 Å². The van der Waals surface area contributed by atoms with E-state index in [1.54, 1.807) is 0 Å². The number of carbonyl (C=O) groups is 2. The van der Waals surface area contributed by atoms with Crippen molar-refractivity contribution in [2.75, 3.05) is 13.2 Å². The Balaban J connectivity index is 0.0000302. The average molecular weight is 833 g/mol. The molecule has 5 N–H and O–H groups in total. The van der Waals surface area contributed by atoms with E-state index in [1.165, 1.54) is 109 Å². The molecule has 1 aliphatic rings. The molecule has 0 aliphatic heterocycles. The summed E-state index contributed by atoms with van der Waals surface area (Å²) in [4.78, 5) is 37.9. The number of hydrogen-bond acceptors (Lipinski definition) is 13. The first-order chi connectivity index (χ1) is 26.4. The molecule has 6 atom stereocenters. The first-order valence-electron chi connectivity index (χ1n) is 21.8. The largest absolute Gasteiger partial charge is 1.00 e. The van der Waals surface area contributed by atoms with E-state index in [4.69, 9.17) is 18.5 Å². The predicted octanol–water partition coefficient (Wildman–Crippen LogP) is 4.10. The normalized spacial score (nSPS) is 22.6. The maximum absolute atomic E-state index is 12.7. The Kier molecular flexibility index (Phi) is 35.5. The fourth-order valence-electron chi connectivity index (χ4n) is 6.87. The van der Waals surface area contributed by atoms with Crippen LogP contribution in [0.1, 0.15) is 194 Å². The van der Waals surface area contributed by atoms with E-state index >= 15 is 0 Å². The molecule has 13 nitrogen and oxygen atoms in total. The van der Waals surface area contributed by atoms with Gasteiger partial charge in [-0.2, -0.15) is 0 Å². The molecule has 326 valence electrons. The van der Waals surface area contributed by atoms with Crippen LogP contribution in [0.4, 0.5) is 0 Å². The monoisotopic (exact) mass is 833 g/mol. The van der Waals surface area contributed by atoms with Crippen LogP contribution in [0.15, 0.2) is 0 Å². The molecule has 1 aliphatic carbocycles. The van der Waals surface area contributed by atoms with Crippen LogP contribution >= 0.6 is 7.82 Å². The first kappa shape index (κ1) is 55.9. The summed E-state index contributed by atoms with van der Waals surface area (Å²) in [6.45, 7) is 3.20. The van der Waals surface area contributed by atoms with Crippen LogP contribution in [0.2, 0.25) is 0 Å². The van der Waals surface area contributed by atoms with Gasteiger partial charge in [-0.25, -0.2) is 0 Å². The van der Waals surface area contributed by atoms with Gasteiger partial charge in [0.2, 0.25) is 0 Å². The Bertz CT molecular complexity index is 993. The summed E-state index contributed by atoms with van der Waals surface area (Å²) >= 11 is 0. The van der Waals surface area contributed by atoms with Gasteiger partial charge >= 0.3 is 41.5 Å². The van der Waals surface area contributed by atoms with Gasteiger partial charge in [0.1, 0.15) is 43.2 Å². The molecule has 0 bridgehead atoms. The summed E-state index contributed by atoms with van der Waals surface area (Å²) in [6, 6.07) is 0. The third-order valence-electron chi connectivity index (χ3n) is 10.4. The van der Waals surface area contributed by atoms with Crippen molar-refractivity contribution in [3.8, 4) is 0 Å². The Hall–Kier alpha value is -0.150. The van der Waals surface area contributed by atoms with Crippen molar-refractivity contribution in [1.29, 1.82) is 0 Å². The van der Waals surface area contributed by atoms with E-state index in [-0.39, 0.29) is 42.4 Å². The molecule has 6 unspecified atom stereocenters. The van der Waals surface area contributed by atoms with Crippen molar-refractivity contribution in [3.05, 3.63) is 0 Å². The Labute approximate surface area is 360 Å². The van der Waals surface area contributed by atoms with Crippen LogP contribution < -0.4 is 34.5 Å². The SMILES string of the molecule is CCCCCCCCCCCCCCCC(=O)OCC(COP(=O)([O-])OC1C(O)C(O)C(O)C(O)C1O)OC(=O)CCCCCCCCCCCCCCC.[Na+]. The van der Waals surface area contributed by atoms with Gasteiger partial charge in [0, 0.05) is 12.8 Å². The van der Waals surface area contributed by atoms with E-state index in [0.717, 1.165) is 44.9 Å². The third-order valence-corrected chi connectivity index (χ3v) is 11.4. The minimum atomic E-state index is -5.35. The minimum Gasteiger partial charge on any atom is -0.756 e. The standard InChI is InChI=1S/C41H79O13P.Na/c1-3-5-7-9-11-13-15-17-19-21-23-25-27-29-34(42)51-31-33(32-52-55(49,50)54-41-39(47)37(45)36(44)38(46)40(41)48)53-35(43)30-28-26-24-22-20-18-16-14-12-10-8-6-4-2;/h33,36-41,44-48H,3-32H2,1-2H3,(H,49,50);/q;+1/p-1. The molecular weight excluding hydrogens is 754 g/mol. The summed E-state index contributed by atoms with van der Waals surface area (Å²) in [5.41, 5.74) is 0. The first-order valence-corrected chi connectivity index (χ1v) is 23.3. The van der Waals surface area contributed by atoms with Crippen molar-refractivity contribution < 1.29 is 92.7 Å². The van der Waals surface area contributed by atoms with Gasteiger partial charge in [-0.1, -0.05) is 168 Å². The molecule has 1 fully saturated rings. The Morgan fingerprint density at radius 3 is 1.21 bits per heavy atom. The van der Waals surface area contributed by atoms with E-state index < -0.39 is 75.7 Å². The molecule has 0 saturated heterocycles. The van der Waals surface area contributed by atoms with Crippen molar-refractivity contribution in [2.24, 2.45) is 0 Å². The van der Waals surface area contributed by atoms with Gasteiger partial charge in [0.25, 0.3) is 7.82 Å². The molecule has 0 aromatic heterocycles. The molecule has 0 aromatic carbocycles. The maximum Gasteiger partial charge on any atom is 1.00 e. The number of unbranched alkanes of at least 4 members (excludes halogenated alkanes) is 24. The van der Waals surface area contributed by atoms with Crippen LogP contribution in [0.3, 0.4) is 0 Å². The molecule has 0 amide bonds. The zero-order valence-electron chi connectivity index (χ0n) is 35.2. The van der Waals surface area contributed by atoms with Gasteiger partial charge in [-0.3, -0.25) is 14.2 Å². The molecule has 0 radical (unpaired) electrons. The molecule has 15 heteroatoms. The fourth-order valence-corrected chi connectivity index (χ4v) is 7.83. The zero-order valence-corrected chi connectivity index (χ0v) is 38.1. The number of phosphoric acid groups is 1. The van der Waals surface area contributed by atoms with Crippen LogP contribution in [0, 0.1) is 0 Å². The molecule has 0 aromatic rings. The van der Waals surface area contributed by atoms with E-state index in [1.807, 2.05) is 0 Å². The summed E-state index contributed by atoms with van der Waals surface area (Å²) in [5.74, 6) is -1.12. The number of rotatable bonds is 36. The number of aliphatic hydroxyl groups is 5. The predicted molar refractivity (Wildman–Crippen MR) is 210 cm³/mol. The smallest absolute Gasteiger partial charge is 0.756 e. The summed E-state index contributed by atoms with van der Waals surface area (Å²) in [5, 5.41) is 49.9. The average Bonchev–Trinajstić information content (AvgIpc) is 3.16. The van der Waals surface area contributed by atoms with Crippen molar-refractivity contribution in [1.82, 2.24) is 0 Å². The molecule has 56 heavy (non-hydrogen) atoms. The second-order valence-corrected chi connectivity index (χ2v) is 16.9. The molecular formula is C41H78NaO13P. The van der Waals surface area contributed by atoms with E-state index in [9.17, 15) is 44.6 Å². The topological polar surface area (TPSA) is 212 Å². The Morgan fingerprint density at radius 2 is 0.839 bits per heavy atom.